The van der Waals surface area contributed by atoms with Crippen LogP contribution in [0.25, 0.3) is 0 Å². The van der Waals surface area contributed by atoms with E-state index in [0.29, 0.717) is 12.1 Å². The minimum Gasteiger partial charge on any atom is -0.467 e. The molecule has 0 bridgehead atoms. The van der Waals surface area contributed by atoms with Gasteiger partial charge < -0.3 is 9.47 Å². The molecule has 0 aliphatic carbocycles. The van der Waals surface area contributed by atoms with Gasteiger partial charge in [-0.15, -0.1) is 0 Å². The van der Waals surface area contributed by atoms with Crippen molar-refractivity contribution in [3.05, 3.63) is 12.2 Å². The zero-order valence-electron chi connectivity index (χ0n) is 10.1. The maximum absolute atomic E-state index is 11.7. The topological polar surface area (TPSA) is 55.8 Å². The summed E-state index contributed by atoms with van der Waals surface area (Å²) in [5.74, 6) is -0.484. The lowest BCUT2D eigenvalue weighted by molar-refractivity contribution is -0.147. The summed E-state index contributed by atoms with van der Waals surface area (Å²) in [6, 6.07) is -0.695. The van der Waals surface area contributed by atoms with Gasteiger partial charge in [-0.2, -0.15) is 0 Å². The van der Waals surface area contributed by atoms with Gasteiger partial charge in [-0.3, -0.25) is 4.90 Å². The minimum absolute atomic E-state index is 0.342. The van der Waals surface area contributed by atoms with E-state index in [2.05, 4.69) is 11.3 Å². The largest absolute Gasteiger partial charge is 0.467 e. The molecular formula is C11H17NO4. The molecule has 0 N–H and O–H groups in total. The van der Waals surface area contributed by atoms with Crippen LogP contribution in [-0.2, 0) is 14.3 Å². The summed E-state index contributed by atoms with van der Waals surface area (Å²) in [4.78, 5) is 24.3. The number of likely N-dealkylation sites (tertiary alicyclic amines) is 1. The van der Waals surface area contributed by atoms with Crippen LogP contribution in [0.3, 0.4) is 0 Å². The second-order valence-corrected chi connectivity index (χ2v) is 4.69. The monoisotopic (exact) mass is 227 g/mol. The van der Waals surface area contributed by atoms with Crippen LogP contribution in [0.2, 0.25) is 0 Å². The average Bonchev–Trinajstić information content (AvgIpc) is 2.10. The van der Waals surface area contributed by atoms with Gasteiger partial charge in [0.1, 0.15) is 5.60 Å². The van der Waals surface area contributed by atoms with E-state index < -0.39 is 23.7 Å². The molecule has 16 heavy (non-hydrogen) atoms. The molecule has 0 spiro atoms. The molecule has 1 unspecified atom stereocenters. The first kappa shape index (κ1) is 12.5. The number of carbonyl (C=O) groups excluding carboxylic acids is 2. The predicted molar refractivity (Wildman–Crippen MR) is 57.9 cm³/mol. The van der Waals surface area contributed by atoms with Crippen molar-refractivity contribution in [3.8, 4) is 0 Å². The molecular weight excluding hydrogens is 210 g/mol. The molecule has 5 heteroatoms. The highest BCUT2D eigenvalue weighted by Gasteiger charge is 2.43. The normalized spacial score (nSPS) is 20.1. The Kier molecular flexibility index (Phi) is 3.26. The molecule has 5 nitrogen and oxygen atoms in total. The maximum Gasteiger partial charge on any atom is 0.411 e. The lowest BCUT2D eigenvalue weighted by Crippen LogP contribution is -2.58. The Labute approximate surface area is 95.0 Å². The third-order valence-electron chi connectivity index (χ3n) is 2.12. The van der Waals surface area contributed by atoms with Crippen molar-refractivity contribution >= 4 is 12.1 Å². The summed E-state index contributed by atoms with van der Waals surface area (Å²) in [6.45, 7) is 9.34. The third-order valence-corrected chi connectivity index (χ3v) is 2.12. The van der Waals surface area contributed by atoms with E-state index in [1.807, 2.05) is 0 Å². The van der Waals surface area contributed by atoms with Gasteiger partial charge >= 0.3 is 12.1 Å². The highest BCUT2D eigenvalue weighted by atomic mass is 16.6. The number of esters is 1. The van der Waals surface area contributed by atoms with E-state index in [0.717, 1.165) is 0 Å². The predicted octanol–water partition coefficient (Wildman–Crippen LogP) is 1.33. The third kappa shape index (κ3) is 2.53. The summed E-state index contributed by atoms with van der Waals surface area (Å²) < 4.78 is 9.74. The van der Waals surface area contributed by atoms with E-state index in [-0.39, 0.29) is 0 Å². The Hall–Kier alpha value is -1.52. The zero-order chi connectivity index (χ0) is 12.5. The quantitative estimate of drug-likeness (QED) is 0.501. The number of hydrogen-bond donors (Lipinski definition) is 0. The van der Waals surface area contributed by atoms with Crippen LogP contribution < -0.4 is 0 Å². The van der Waals surface area contributed by atoms with Crippen molar-refractivity contribution in [2.24, 2.45) is 0 Å². The minimum atomic E-state index is -0.695. The van der Waals surface area contributed by atoms with Crippen molar-refractivity contribution in [1.29, 1.82) is 0 Å². The van der Waals surface area contributed by atoms with Crippen LogP contribution in [-0.4, -0.2) is 42.3 Å². The molecule has 1 atom stereocenters. The van der Waals surface area contributed by atoms with Crippen LogP contribution in [0, 0.1) is 0 Å². The first-order valence-electron chi connectivity index (χ1n) is 5.01. The molecule has 0 saturated carbocycles. The summed E-state index contributed by atoms with van der Waals surface area (Å²) in [5.41, 5.74) is 0.0898. The summed E-state index contributed by atoms with van der Waals surface area (Å²) in [5, 5.41) is 0. The Bertz CT molecular complexity index is 329. The van der Waals surface area contributed by atoms with Crippen LogP contribution in [0.1, 0.15) is 20.8 Å². The molecule has 0 aromatic carbocycles. The van der Waals surface area contributed by atoms with E-state index >= 15 is 0 Å². The van der Waals surface area contributed by atoms with Gasteiger partial charge in [0.15, 0.2) is 6.04 Å². The fourth-order valence-electron chi connectivity index (χ4n) is 1.40. The number of rotatable bonds is 1. The van der Waals surface area contributed by atoms with Crippen molar-refractivity contribution in [3.63, 3.8) is 0 Å². The Morgan fingerprint density at radius 2 is 2.00 bits per heavy atom. The molecule has 1 saturated heterocycles. The molecule has 90 valence electrons. The van der Waals surface area contributed by atoms with E-state index in [9.17, 15) is 9.59 Å². The highest BCUT2D eigenvalue weighted by molar-refractivity contribution is 5.87. The maximum atomic E-state index is 11.7. The summed E-state index contributed by atoms with van der Waals surface area (Å²) in [7, 11) is 1.28. The SMILES string of the molecule is C=C1CN(C(=O)OC(C)(C)C)C1C(=O)OC. The molecule has 1 aliphatic rings. The van der Waals surface area contributed by atoms with Crippen molar-refractivity contribution < 1.29 is 19.1 Å². The number of carbonyl (C=O) groups is 2. The molecule has 0 radical (unpaired) electrons. The number of methoxy groups -OCH3 is 1. The van der Waals surface area contributed by atoms with Crippen molar-refractivity contribution in [2.45, 2.75) is 32.4 Å². The zero-order valence-corrected chi connectivity index (χ0v) is 10.1. The van der Waals surface area contributed by atoms with Gasteiger partial charge in [0.25, 0.3) is 0 Å². The van der Waals surface area contributed by atoms with Gasteiger partial charge in [-0.25, -0.2) is 9.59 Å². The molecule has 1 rings (SSSR count). The Balaban J connectivity index is 2.65. The molecule has 1 amide bonds. The van der Waals surface area contributed by atoms with Gasteiger partial charge in [-0.1, -0.05) is 6.58 Å². The molecule has 1 fully saturated rings. The number of hydrogen-bond acceptors (Lipinski definition) is 4. The van der Waals surface area contributed by atoms with E-state index in [4.69, 9.17) is 4.74 Å². The number of nitrogens with zero attached hydrogens (tertiary/aromatic N) is 1. The fourth-order valence-corrected chi connectivity index (χ4v) is 1.40. The van der Waals surface area contributed by atoms with Crippen molar-refractivity contribution in [1.82, 2.24) is 4.90 Å². The van der Waals surface area contributed by atoms with E-state index in [1.54, 1.807) is 20.8 Å². The lowest BCUT2D eigenvalue weighted by Gasteiger charge is -2.41. The number of ether oxygens (including phenoxy) is 2. The Morgan fingerprint density at radius 3 is 2.38 bits per heavy atom. The van der Waals surface area contributed by atoms with Crippen LogP contribution in [0.5, 0.6) is 0 Å². The second kappa shape index (κ2) is 4.15. The average molecular weight is 227 g/mol. The van der Waals surface area contributed by atoms with Crippen LogP contribution in [0.15, 0.2) is 12.2 Å². The summed E-state index contributed by atoms with van der Waals surface area (Å²) in [6.07, 6.45) is -0.518. The van der Waals surface area contributed by atoms with Crippen molar-refractivity contribution in [2.75, 3.05) is 13.7 Å². The highest BCUT2D eigenvalue weighted by Crippen LogP contribution is 2.25. The Morgan fingerprint density at radius 1 is 1.44 bits per heavy atom. The lowest BCUT2D eigenvalue weighted by atomic mass is 9.98. The van der Waals surface area contributed by atoms with Gasteiger partial charge in [0, 0.05) is 6.54 Å². The van der Waals surface area contributed by atoms with Gasteiger partial charge in [0.2, 0.25) is 0 Å². The number of amides is 1. The van der Waals surface area contributed by atoms with Gasteiger partial charge in [0.05, 0.1) is 7.11 Å². The molecule has 1 heterocycles. The van der Waals surface area contributed by atoms with Crippen LogP contribution >= 0.6 is 0 Å². The summed E-state index contributed by atoms with van der Waals surface area (Å²) >= 11 is 0. The second-order valence-electron chi connectivity index (χ2n) is 4.69. The first-order chi connectivity index (χ1) is 7.26. The standard InChI is InChI=1S/C11H17NO4/c1-7-6-12(8(7)9(13)15-5)10(14)16-11(2,3)4/h8H,1,6H2,2-5H3. The van der Waals surface area contributed by atoms with Crippen LogP contribution in [0.4, 0.5) is 4.79 Å². The van der Waals surface area contributed by atoms with Gasteiger partial charge in [-0.05, 0) is 26.3 Å². The molecule has 0 aromatic heterocycles. The smallest absolute Gasteiger partial charge is 0.411 e. The fraction of sp³-hybridized carbons (Fsp3) is 0.636. The molecule has 1 aliphatic heterocycles. The first-order valence-corrected chi connectivity index (χ1v) is 5.01. The van der Waals surface area contributed by atoms with E-state index in [1.165, 1.54) is 12.0 Å². The molecule has 0 aromatic rings.